The highest BCUT2D eigenvalue weighted by molar-refractivity contribution is 7.15. The Morgan fingerprint density at radius 2 is 2.40 bits per heavy atom. The molecule has 0 unspecified atom stereocenters. The molecule has 2 aromatic rings. The summed E-state index contributed by atoms with van der Waals surface area (Å²) in [6.45, 7) is 2.27. The number of rotatable bonds is 4. The average molecular weight is 222 g/mol. The molecule has 0 aliphatic rings. The van der Waals surface area contributed by atoms with Gasteiger partial charge in [-0.1, -0.05) is 0 Å². The molecule has 80 valence electrons. The summed E-state index contributed by atoms with van der Waals surface area (Å²) in [4.78, 5) is 8.83. The SMILES string of the molecule is Cc1nc(-c2cc[nH]c2)sc1CCCO. The highest BCUT2D eigenvalue weighted by Crippen LogP contribution is 2.28. The van der Waals surface area contributed by atoms with Gasteiger partial charge in [-0.15, -0.1) is 11.3 Å². The topological polar surface area (TPSA) is 48.9 Å². The lowest BCUT2D eigenvalue weighted by Crippen LogP contribution is -1.88. The van der Waals surface area contributed by atoms with Gasteiger partial charge in [0.2, 0.25) is 0 Å². The van der Waals surface area contributed by atoms with Crippen molar-refractivity contribution in [3.05, 3.63) is 29.0 Å². The van der Waals surface area contributed by atoms with Crippen molar-refractivity contribution < 1.29 is 5.11 Å². The number of thiazole rings is 1. The van der Waals surface area contributed by atoms with Crippen molar-refractivity contribution in [1.82, 2.24) is 9.97 Å². The van der Waals surface area contributed by atoms with Crippen molar-refractivity contribution in [3.8, 4) is 10.6 Å². The van der Waals surface area contributed by atoms with Crippen molar-refractivity contribution in [2.24, 2.45) is 0 Å². The molecule has 0 bridgehead atoms. The summed E-state index contributed by atoms with van der Waals surface area (Å²) in [7, 11) is 0. The molecule has 0 aromatic carbocycles. The molecule has 0 saturated heterocycles. The normalized spacial score (nSPS) is 10.8. The maximum atomic E-state index is 8.79. The van der Waals surface area contributed by atoms with Crippen LogP contribution in [0.5, 0.6) is 0 Å². The van der Waals surface area contributed by atoms with E-state index < -0.39 is 0 Å². The molecule has 0 fully saturated rings. The highest BCUT2D eigenvalue weighted by atomic mass is 32.1. The first kappa shape index (κ1) is 10.4. The van der Waals surface area contributed by atoms with Crippen molar-refractivity contribution in [3.63, 3.8) is 0 Å². The summed E-state index contributed by atoms with van der Waals surface area (Å²) >= 11 is 1.71. The predicted octanol–water partition coefficient (Wildman–Crippen LogP) is 2.37. The van der Waals surface area contributed by atoms with E-state index in [1.165, 1.54) is 4.88 Å². The second kappa shape index (κ2) is 4.59. The second-order valence-electron chi connectivity index (χ2n) is 3.45. The molecule has 2 N–H and O–H groups in total. The summed E-state index contributed by atoms with van der Waals surface area (Å²) in [5, 5.41) is 9.85. The number of hydrogen-bond donors (Lipinski definition) is 2. The van der Waals surface area contributed by atoms with Crippen LogP contribution in [0.4, 0.5) is 0 Å². The zero-order valence-electron chi connectivity index (χ0n) is 8.66. The first-order chi connectivity index (χ1) is 7.31. The van der Waals surface area contributed by atoms with Gasteiger partial charge >= 0.3 is 0 Å². The number of aliphatic hydroxyl groups is 1. The van der Waals surface area contributed by atoms with Gasteiger partial charge in [0.15, 0.2) is 0 Å². The molecule has 4 heteroatoms. The van der Waals surface area contributed by atoms with Gasteiger partial charge in [-0.05, 0) is 25.8 Å². The van der Waals surface area contributed by atoms with Gasteiger partial charge in [0.05, 0.1) is 5.69 Å². The maximum absolute atomic E-state index is 8.79. The minimum atomic E-state index is 0.247. The standard InChI is InChI=1S/C11H14N2OS/c1-8-10(3-2-6-14)15-11(13-8)9-4-5-12-7-9/h4-5,7,12,14H,2-3,6H2,1H3. The molecule has 3 nitrogen and oxygen atoms in total. The predicted molar refractivity (Wildman–Crippen MR) is 62.0 cm³/mol. The number of aromatic amines is 1. The molecule has 2 heterocycles. The van der Waals surface area contributed by atoms with Crippen LogP contribution < -0.4 is 0 Å². The van der Waals surface area contributed by atoms with Gasteiger partial charge in [-0.3, -0.25) is 0 Å². The minimum absolute atomic E-state index is 0.247. The van der Waals surface area contributed by atoms with Crippen LogP contribution in [0, 0.1) is 6.92 Å². The summed E-state index contributed by atoms with van der Waals surface area (Å²) < 4.78 is 0. The van der Waals surface area contributed by atoms with E-state index in [1.54, 1.807) is 11.3 Å². The van der Waals surface area contributed by atoms with Crippen molar-refractivity contribution in [1.29, 1.82) is 0 Å². The van der Waals surface area contributed by atoms with E-state index in [9.17, 15) is 0 Å². The molecule has 0 aliphatic heterocycles. The third-order valence-corrected chi connectivity index (χ3v) is 3.57. The molecular weight excluding hydrogens is 208 g/mol. The average Bonchev–Trinajstić information content (AvgIpc) is 2.83. The zero-order valence-corrected chi connectivity index (χ0v) is 9.47. The van der Waals surface area contributed by atoms with Gasteiger partial charge in [0.1, 0.15) is 5.01 Å². The van der Waals surface area contributed by atoms with Crippen molar-refractivity contribution in [2.75, 3.05) is 6.61 Å². The molecular formula is C11H14N2OS. The fraction of sp³-hybridized carbons (Fsp3) is 0.364. The zero-order chi connectivity index (χ0) is 10.7. The first-order valence-electron chi connectivity index (χ1n) is 5.01. The highest BCUT2D eigenvalue weighted by Gasteiger charge is 2.08. The monoisotopic (exact) mass is 222 g/mol. The van der Waals surface area contributed by atoms with Crippen LogP contribution in [0.1, 0.15) is 17.0 Å². The van der Waals surface area contributed by atoms with E-state index >= 15 is 0 Å². The fourth-order valence-corrected chi connectivity index (χ4v) is 2.58. The van der Waals surface area contributed by atoms with Gasteiger partial charge in [0.25, 0.3) is 0 Å². The Kier molecular flexibility index (Phi) is 3.18. The molecule has 0 radical (unpaired) electrons. The molecule has 0 spiro atoms. The van der Waals surface area contributed by atoms with E-state index in [4.69, 9.17) is 5.11 Å². The second-order valence-corrected chi connectivity index (χ2v) is 4.54. The summed E-state index contributed by atoms with van der Waals surface area (Å²) in [6.07, 6.45) is 5.59. The minimum Gasteiger partial charge on any atom is -0.396 e. The summed E-state index contributed by atoms with van der Waals surface area (Å²) in [5.41, 5.74) is 2.22. The number of H-pyrrole nitrogens is 1. The molecule has 0 amide bonds. The number of aryl methyl sites for hydroxylation is 2. The van der Waals surface area contributed by atoms with Crippen LogP contribution in [0.2, 0.25) is 0 Å². The number of aromatic nitrogens is 2. The smallest absolute Gasteiger partial charge is 0.125 e. The quantitative estimate of drug-likeness (QED) is 0.834. The van der Waals surface area contributed by atoms with Crippen LogP contribution in [0.15, 0.2) is 18.5 Å². The van der Waals surface area contributed by atoms with Gasteiger partial charge in [0, 0.05) is 29.4 Å². The van der Waals surface area contributed by atoms with Crippen molar-refractivity contribution in [2.45, 2.75) is 19.8 Å². The number of hydrogen-bond acceptors (Lipinski definition) is 3. The summed E-state index contributed by atoms with van der Waals surface area (Å²) in [6, 6.07) is 2.02. The Morgan fingerprint density at radius 1 is 1.53 bits per heavy atom. The molecule has 0 aliphatic carbocycles. The van der Waals surface area contributed by atoms with Crippen LogP contribution in [-0.4, -0.2) is 21.7 Å². The van der Waals surface area contributed by atoms with E-state index in [0.29, 0.717) is 0 Å². The first-order valence-corrected chi connectivity index (χ1v) is 5.83. The fourth-order valence-electron chi connectivity index (χ4n) is 1.48. The Bertz CT molecular complexity index is 420. The lowest BCUT2D eigenvalue weighted by atomic mass is 10.2. The van der Waals surface area contributed by atoms with Crippen LogP contribution in [0.25, 0.3) is 10.6 Å². The Labute approximate surface area is 92.8 Å². The molecule has 2 aromatic heterocycles. The lowest BCUT2D eigenvalue weighted by Gasteiger charge is -1.93. The molecule has 0 saturated carbocycles. The third-order valence-electron chi connectivity index (χ3n) is 2.30. The van der Waals surface area contributed by atoms with Crippen LogP contribution in [-0.2, 0) is 6.42 Å². The van der Waals surface area contributed by atoms with Crippen LogP contribution in [0.3, 0.4) is 0 Å². The van der Waals surface area contributed by atoms with E-state index in [-0.39, 0.29) is 6.61 Å². The number of aliphatic hydroxyl groups excluding tert-OH is 1. The van der Waals surface area contributed by atoms with Gasteiger partial charge in [-0.25, -0.2) is 4.98 Å². The largest absolute Gasteiger partial charge is 0.396 e. The van der Waals surface area contributed by atoms with Gasteiger partial charge in [-0.2, -0.15) is 0 Å². The number of nitrogens with zero attached hydrogens (tertiary/aromatic N) is 1. The third kappa shape index (κ3) is 2.27. The Balaban J connectivity index is 2.21. The van der Waals surface area contributed by atoms with Crippen molar-refractivity contribution >= 4 is 11.3 Å². The molecule has 0 atom stereocenters. The van der Waals surface area contributed by atoms with E-state index in [2.05, 4.69) is 9.97 Å². The van der Waals surface area contributed by atoms with E-state index in [0.717, 1.165) is 29.1 Å². The Hall–Kier alpha value is -1.13. The lowest BCUT2D eigenvalue weighted by molar-refractivity contribution is 0.289. The van der Waals surface area contributed by atoms with E-state index in [1.807, 2.05) is 25.4 Å². The van der Waals surface area contributed by atoms with Gasteiger partial charge < -0.3 is 10.1 Å². The maximum Gasteiger partial charge on any atom is 0.125 e. The van der Waals surface area contributed by atoms with Crippen LogP contribution >= 0.6 is 11.3 Å². The Morgan fingerprint density at radius 3 is 3.07 bits per heavy atom. The summed E-state index contributed by atoms with van der Waals surface area (Å²) in [5.74, 6) is 0. The number of nitrogens with one attached hydrogen (secondary N) is 1. The molecule has 2 rings (SSSR count). The molecule has 15 heavy (non-hydrogen) atoms.